The lowest BCUT2D eigenvalue weighted by atomic mass is 10.1. The van der Waals surface area contributed by atoms with Gasteiger partial charge in [-0.15, -0.1) is 0 Å². The summed E-state index contributed by atoms with van der Waals surface area (Å²) in [6.45, 7) is 5.14. The zero-order valence-electron chi connectivity index (χ0n) is 18.9. The van der Waals surface area contributed by atoms with Crippen molar-refractivity contribution in [3.63, 3.8) is 0 Å². The average Bonchev–Trinajstić information content (AvgIpc) is 3.39. The summed E-state index contributed by atoms with van der Waals surface area (Å²) in [5, 5.41) is 6.74. The predicted octanol–water partition coefficient (Wildman–Crippen LogP) is 2.44. The van der Waals surface area contributed by atoms with Gasteiger partial charge in [0.1, 0.15) is 5.65 Å². The molecule has 1 unspecified atom stereocenters. The van der Waals surface area contributed by atoms with Crippen molar-refractivity contribution >= 4 is 17.5 Å². The summed E-state index contributed by atoms with van der Waals surface area (Å²) in [7, 11) is 1.77. The molecule has 0 bridgehead atoms. The molecule has 0 radical (unpaired) electrons. The van der Waals surface area contributed by atoms with Crippen molar-refractivity contribution in [3.05, 3.63) is 71.7 Å². The number of carbonyl (C=O) groups excluding carboxylic acids is 1. The van der Waals surface area contributed by atoms with E-state index in [0.717, 1.165) is 56.3 Å². The molecule has 0 saturated carbocycles. The van der Waals surface area contributed by atoms with Gasteiger partial charge in [0.25, 0.3) is 0 Å². The topological polar surface area (TPSA) is 74.0 Å². The third-order valence-electron chi connectivity index (χ3n) is 5.99. The van der Waals surface area contributed by atoms with Crippen molar-refractivity contribution in [3.8, 4) is 0 Å². The molecular formula is C25H32N6O. The van der Waals surface area contributed by atoms with Crippen molar-refractivity contribution in [1.29, 1.82) is 0 Å². The van der Waals surface area contributed by atoms with Gasteiger partial charge in [0.05, 0.1) is 5.69 Å². The third kappa shape index (κ3) is 5.46. The summed E-state index contributed by atoms with van der Waals surface area (Å²) in [5.41, 5.74) is 4.51. The van der Waals surface area contributed by atoms with E-state index in [4.69, 9.17) is 4.98 Å². The molecule has 4 rings (SSSR count). The fourth-order valence-corrected chi connectivity index (χ4v) is 4.21. The fraction of sp³-hybridized carbons (Fsp3) is 0.400. The Hall–Kier alpha value is -3.35. The summed E-state index contributed by atoms with van der Waals surface area (Å²) < 4.78 is 2.07. The van der Waals surface area contributed by atoms with Crippen LogP contribution in [-0.2, 0) is 17.6 Å². The molecular weight excluding hydrogens is 400 g/mol. The highest BCUT2D eigenvalue weighted by atomic mass is 16.2. The van der Waals surface area contributed by atoms with Crippen LogP contribution in [0.3, 0.4) is 0 Å². The van der Waals surface area contributed by atoms with Crippen molar-refractivity contribution in [2.24, 2.45) is 10.9 Å². The van der Waals surface area contributed by atoms with E-state index in [1.807, 2.05) is 35.4 Å². The number of nitrogens with zero attached hydrogens (tertiary/aromatic N) is 4. The smallest absolute Gasteiger partial charge is 0.223 e. The first-order valence-corrected chi connectivity index (χ1v) is 11.3. The maximum atomic E-state index is 12.4. The van der Waals surface area contributed by atoms with Gasteiger partial charge in [0.2, 0.25) is 5.91 Å². The van der Waals surface area contributed by atoms with Gasteiger partial charge in [0, 0.05) is 64.4 Å². The number of likely N-dealkylation sites (tertiary alicyclic amines) is 1. The van der Waals surface area contributed by atoms with Crippen molar-refractivity contribution in [2.75, 3.05) is 33.2 Å². The molecule has 1 aromatic carbocycles. The number of aryl methyl sites for hydroxylation is 1. The van der Waals surface area contributed by atoms with E-state index in [1.165, 1.54) is 11.1 Å². The minimum absolute atomic E-state index is 0.248. The second kappa shape index (κ2) is 10.3. The molecule has 1 aliphatic rings. The van der Waals surface area contributed by atoms with E-state index < -0.39 is 0 Å². The number of aliphatic imine (C=N–C) groups is 1. The lowest BCUT2D eigenvalue weighted by molar-refractivity contribution is -0.127. The van der Waals surface area contributed by atoms with Gasteiger partial charge < -0.3 is 19.9 Å². The zero-order valence-corrected chi connectivity index (χ0v) is 18.9. The normalized spacial score (nSPS) is 16.7. The number of hydrogen-bond donors (Lipinski definition) is 2. The van der Waals surface area contributed by atoms with Crippen LogP contribution in [0.1, 0.15) is 23.2 Å². The van der Waals surface area contributed by atoms with E-state index in [2.05, 4.69) is 51.3 Å². The van der Waals surface area contributed by atoms with Crippen LogP contribution in [0.25, 0.3) is 5.65 Å². The number of hydrogen-bond acceptors (Lipinski definition) is 3. The Morgan fingerprint density at radius 2 is 2.00 bits per heavy atom. The molecule has 0 aliphatic carbocycles. The van der Waals surface area contributed by atoms with Crippen LogP contribution < -0.4 is 10.6 Å². The van der Waals surface area contributed by atoms with Gasteiger partial charge in [-0.1, -0.05) is 36.4 Å². The van der Waals surface area contributed by atoms with Crippen molar-refractivity contribution in [1.82, 2.24) is 24.9 Å². The van der Waals surface area contributed by atoms with Crippen LogP contribution in [0, 0.1) is 12.8 Å². The van der Waals surface area contributed by atoms with Gasteiger partial charge in [0.15, 0.2) is 5.96 Å². The van der Waals surface area contributed by atoms with E-state index >= 15 is 0 Å². The highest BCUT2D eigenvalue weighted by Crippen LogP contribution is 2.17. The Morgan fingerprint density at radius 3 is 2.78 bits per heavy atom. The second-order valence-electron chi connectivity index (χ2n) is 8.43. The molecule has 7 nitrogen and oxygen atoms in total. The summed E-state index contributed by atoms with van der Waals surface area (Å²) in [6, 6.07) is 14.4. The molecule has 32 heavy (non-hydrogen) atoms. The fourth-order valence-electron chi connectivity index (χ4n) is 4.21. The molecule has 0 spiro atoms. The van der Waals surface area contributed by atoms with Gasteiger partial charge in [-0.3, -0.25) is 9.79 Å². The number of rotatable bonds is 8. The van der Waals surface area contributed by atoms with Crippen LogP contribution in [0.4, 0.5) is 0 Å². The summed E-state index contributed by atoms with van der Waals surface area (Å²) in [5.74, 6) is 1.32. The second-order valence-corrected chi connectivity index (χ2v) is 8.43. The maximum absolute atomic E-state index is 12.4. The van der Waals surface area contributed by atoms with Gasteiger partial charge in [-0.25, -0.2) is 4.98 Å². The lowest BCUT2D eigenvalue weighted by Gasteiger charge is -2.18. The monoisotopic (exact) mass is 432 g/mol. The Bertz CT molecular complexity index is 1070. The molecule has 7 heteroatoms. The largest absolute Gasteiger partial charge is 0.356 e. The van der Waals surface area contributed by atoms with Crippen LogP contribution in [0.15, 0.2) is 59.9 Å². The first kappa shape index (κ1) is 21.9. The first-order valence-electron chi connectivity index (χ1n) is 11.3. The van der Waals surface area contributed by atoms with E-state index in [0.29, 0.717) is 12.3 Å². The molecule has 1 fully saturated rings. The van der Waals surface area contributed by atoms with Crippen LogP contribution in [0.5, 0.6) is 0 Å². The average molecular weight is 433 g/mol. The number of fused-ring (bicyclic) bond motifs is 1. The predicted molar refractivity (Wildman–Crippen MR) is 128 cm³/mol. The molecule has 1 atom stereocenters. The highest BCUT2D eigenvalue weighted by Gasteiger charge is 2.29. The minimum Gasteiger partial charge on any atom is -0.356 e. The van der Waals surface area contributed by atoms with Gasteiger partial charge >= 0.3 is 0 Å². The third-order valence-corrected chi connectivity index (χ3v) is 5.99. The number of amides is 1. The van der Waals surface area contributed by atoms with Crippen LogP contribution >= 0.6 is 0 Å². The number of guanidine groups is 1. The molecule has 3 aromatic rings. The Morgan fingerprint density at radius 1 is 1.16 bits per heavy atom. The van der Waals surface area contributed by atoms with E-state index in [-0.39, 0.29) is 5.91 Å². The van der Waals surface area contributed by atoms with Crippen molar-refractivity contribution in [2.45, 2.75) is 26.2 Å². The molecule has 2 aromatic heterocycles. The molecule has 1 aliphatic heterocycles. The van der Waals surface area contributed by atoms with E-state index in [9.17, 15) is 4.79 Å². The molecule has 2 N–H and O–H groups in total. The summed E-state index contributed by atoms with van der Waals surface area (Å²) in [6.07, 6.45) is 6.42. The summed E-state index contributed by atoms with van der Waals surface area (Å²) in [4.78, 5) is 23.4. The Kier molecular flexibility index (Phi) is 7.04. The first-order chi connectivity index (χ1) is 15.6. The number of nitrogens with one attached hydrogen (secondary N) is 2. The molecule has 1 amide bonds. The zero-order chi connectivity index (χ0) is 22.3. The number of pyridine rings is 1. The Labute approximate surface area is 189 Å². The highest BCUT2D eigenvalue weighted by molar-refractivity contribution is 5.80. The van der Waals surface area contributed by atoms with E-state index in [1.54, 1.807) is 7.05 Å². The maximum Gasteiger partial charge on any atom is 0.223 e. The van der Waals surface area contributed by atoms with Crippen LogP contribution in [0.2, 0.25) is 0 Å². The number of benzene rings is 1. The molecule has 1 saturated heterocycles. The Balaban J connectivity index is 1.19. The molecule has 168 valence electrons. The van der Waals surface area contributed by atoms with Gasteiger partial charge in [-0.05, 0) is 30.5 Å². The quantitative estimate of drug-likeness (QED) is 0.424. The minimum atomic E-state index is 0.248. The lowest BCUT2D eigenvalue weighted by Crippen LogP contribution is -2.41. The number of carbonyl (C=O) groups is 1. The van der Waals surface area contributed by atoms with Crippen LogP contribution in [-0.4, -0.2) is 59.4 Å². The molecule has 3 heterocycles. The summed E-state index contributed by atoms with van der Waals surface area (Å²) >= 11 is 0. The van der Waals surface area contributed by atoms with Gasteiger partial charge in [-0.2, -0.15) is 0 Å². The number of imidazole rings is 1. The standard InChI is InChI=1S/C25H32N6O/c1-19-7-6-13-31-18-22(29-24(19)31)10-12-27-25(26-2)28-16-21-15-23(32)30(17-21)14-11-20-8-4-3-5-9-20/h3-9,13,18,21H,10-12,14-17H2,1-2H3,(H2,26,27,28). The SMILES string of the molecule is CN=C(NCCc1cn2cccc(C)c2n1)NCC1CC(=O)N(CCc2ccccc2)C1. The number of aromatic nitrogens is 2. The van der Waals surface area contributed by atoms with Crippen molar-refractivity contribution < 1.29 is 4.79 Å².